The summed E-state index contributed by atoms with van der Waals surface area (Å²) >= 11 is 0. The van der Waals surface area contributed by atoms with Crippen molar-refractivity contribution in [1.29, 1.82) is 0 Å². The number of hydrogen-bond donors (Lipinski definition) is 1. The predicted molar refractivity (Wildman–Crippen MR) is 34.2 cm³/mol. The fourth-order valence-corrected chi connectivity index (χ4v) is 1.51. The SMILES string of the molecule is CN1CC2CNC(C1)O2. The van der Waals surface area contributed by atoms with Gasteiger partial charge in [0.15, 0.2) is 0 Å². The topological polar surface area (TPSA) is 24.5 Å². The van der Waals surface area contributed by atoms with E-state index in [0.29, 0.717) is 12.3 Å². The molecule has 0 aliphatic carbocycles. The molecule has 0 aromatic carbocycles. The average Bonchev–Trinajstić information content (AvgIpc) is 2.11. The molecule has 2 saturated heterocycles. The van der Waals surface area contributed by atoms with Crippen molar-refractivity contribution in [3.63, 3.8) is 0 Å². The third kappa shape index (κ3) is 0.956. The van der Waals surface area contributed by atoms with Crippen LogP contribution in [-0.4, -0.2) is 43.9 Å². The lowest BCUT2D eigenvalue weighted by atomic mass is 10.3. The number of nitrogens with zero attached hydrogens (tertiary/aromatic N) is 1. The maximum absolute atomic E-state index is 5.51. The monoisotopic (exact) mass is 128 g/mol. The van der Waals surface area contributed by atoms with Gasteiger partial charge < -0.3 is 4.74 Å². The van der Waals surface area contributed by atoms with Crippen molar-refractivity contribution in [1.82, 2.24) is 10.2 Å². The van der Waals surface area contributed by atoms with E-state index >= 15 is 0 Å². The van der Waals surface area contributed by atoms with E-state index in [2.05, 4.69) is 17.3 Å². The second-order valence-electron chi connectivity index (χ2n) is 2.88. The predicted octanol–water partition coefficient (Wildman–Crippen LogP) is -0.754. The molecule has 1 N–H and O–H groups in total. The Kier molecular flexibility index (Phi) is 1.22. The van der Waals surface area contributed by atoms with Crippen LogP contribution >= 0.6 is 0 Å². The molecule has 2 unspecified atom stereocenters. The van der Waals surface area contributed by atoms with E-state index in [9.17, 15) is 0 Å². The molecule has 52 valence electrons. The molecule has 2 aliphatic heterocycles. The number of nitrogens with one attached hydrogen (secondary N) is 1. The number of hydrogen-bond acceptors (Lipinski definition) is 3. The second kappa shape index (κ2) is 1.94. The minimum atomic E-state index is 0.314. The van der Waals surface area contributed by atoms with Gasteiger partial charge in [-0.25, -0.2) is 0 Å². The van der Waals surface area contributed by atoms with E-state index < -0.39 is 0 Å². The molecule has 0 radical (unpaired) electrons. The summed E-state index contributed by atoms with van der Waals surface area (Å²) in [6.45, 7) is 3.16. The molecule has 0 saturated carbocycles. The van der Waals surface area contributed by atoms with Gasteiger partial charge in [0.1, 0.15) is 6.23 Å². The molecule has 3 nitrogen and oxygen atoms in total. The van der Waals surface area contributed by atoms with E-state index in [0.717, 1.165) is 19.6 Å². The first-order chi connectivity index (χ1) is 4.34. The second-order valence-corrected chi connectivity index (χ2v) is 2.88. The molecule has 2 heterocycles. The largest absolute Gasteiger partial charge is 0.356 e. The third-order valence-corrected chi connectivity index (χ3v) is 1.92. The lowest BCUT2D eigenvalue weighted by Gasteiger charge is -2.27. The fraction of sp³-hybridized carbons (Fsp3) is 1.00. The van der Waals surface area contributed by atoms with Gasteiger partial charge in [0.25, 0.3) is 0 Å². The minimum Gasteiger partial charge on any atom is -0.356 e. The summed E-state index contributed by atoms with van der Waals surface area (Å²) in [7, 11) is 2.13. The quantitative estimate of drug-likeness (QED) is 0.464. The Bertz CT molecular complexity index is 106. The van der Waals surface area contributed by atoms with Crippen LogP contribution in [-0.2, 0) is 4.74 Å². The van der Waals surface area contributed by atoms with Crippen molar-refractivity contribution >= 4 is 0 Å². The van der Waals surface area contributed by atoms with Crippen molar-refractivity contribution in [3.8, 4) is 0 Å². The first-order valence-electron chi connectivity index (χ1n) is 3.42. The van der Waals surface area contributed by atoms with Gasteiger partial charge in [-0.05, 0) is 7.05 Å². The highest BCUT2D eigenvalue weighted by molar-refractivity contribution is 4.82. The van der Waals surface area contributed by atoms with E-state index in [1.165, 1.54) is 0 Å². The van der Waals surface area contributed by atoms with Crippen LogP contribution in [0.25, 0.3) is 0 Å². The van der Waals surface area contributed by atoms with Crippen LogP contribution in [0.5, 0.6) is 0 Å². The van der Waals surface area contributed by atoms with Crippen LogP contribution in [0.2, 0.25) is 0 Å². The lowest BCUT2D eigenvalue weighted by molar-refractivity contribution is -0.0320. The molecule has 2 aliphatic rings. The Morgan fingerprint density at radius 3 is 3.22 bits per heavy atom. The average molecular weight is 128 g/mol. The van der Waals surface area contributed by atoms with Crippen LogP contribution in [0.3, 0.4) is 0 Å². The van der Waals surface area contributed by atoms with Gasteiger partial charge in [-0.15, -0.1) is 0 Å². The van der Waals surface area contributed by atoms with Gasteiger partial charge >= 0.3 is 0 Å². The molecule has 2 fully saturated rings. The van der Waals surface area contributed by atoms with Crippen LogP contribution in [0, 0.1) is 0 Å². The highest BCUT2D eigenvalue weighted by atomic mass is 16.5. The van der Waals surface area contributed by atoms with E-state index in [4.69, 9.17) is 4.74 Å². The maximum atomic E-state index is 5.51. The number of morpholine rings is 1. The molecule has 0 spiro atoms. The molecule has 9 heavy (non-hydrogen) atoms. The van der Waals surface area contributed by atoms with Crippen LogP contribution in [0.4, 0.5) is 0 Å². The van der Waals surface area contributed by atoms with Crippen molar-refractivity contribution < 1.29 is 4.74 Å². The van der Waals surface area contributed by atoms with E-state index in [-0.39, 0.29) is 0 Å². The van der Waals surface area contributed by atoms with Gasteiger partial charge in [0.2, 0.25) is 0 Å². The van der Waals surface area contributed by atoms with Crippen LogP contribution in [0.15, 0.2) is 0 Å². The van der Waals surface area contributed by atoms with Crippen LogP contribution < -0.4 is 5.32 Å². The zero-order chi connectivity index (χ0) is 6.27. The normalized spacial score (nSPS) is 43.7. The standard InChI is InChI=1S/C6H12N2O/c1-8-3-5-2-7-6(4-8)9-5/h5-7H,2-4H2,1H3. The van der Waals surface area contributed by atoms with Crippen LogP contribution in [0.1, 0.15) is 0 Å². The van der Waals surface area contributed by atoms with Gasteiger partial charge in [-0.1, -0.05) is 0 Å². The summed E-state index contributed by atoms with van der Waals surface area (Å²) < 4.78 is 5.51. The van der Waals surface area contributed by atoms with Gasteiger partial charge in [0.05, 0.1) is 6.10 Å². The fourth-order valence-electron chi connectivity index (χ4n) is 1.51. The summed E-state index contributed by atoms with van der Waals surface area (Å²) in [5, 5.41) is 3.29. The van der Waals surface area contributed by atoms with Crippen molar-refractivity contribution in [2.45, 2.75) is 12.3 Å². The number of rotatable bonds is 0. The first-order valence-corrected chi connectivity index (χ1v) is 3.42. The Labute approximate surface area is 55.0 Å². The first kappa shape index (κ1) is 5.65. The summed E-state index contributed by atoms with van der Waals surface area (Å²) in [5.74, 6) is 0. The van der Waals surface area contributed by atoms with E-state index in [1.807, 2.05) is 0 Å². The molecular formula is C6H12N2O. The Balaban J connectivity index is 2.03. The maximum Gasteiger partial charge on any atom is 0.121 e. The van der Waals surface area contributed by atoms with Crippen molar-refractivity contribution in [2.75, 3.05) is 26.7 Å². The van der Waals surface area contributed by atoms with Crippen molar-refractivity contribution in [3.05, 3.63) is 0 Å². The smallest absolute Gasteiger partial charge is 0.121 e. The van der Waals surface area contributed by atoms with Gasteiger partial charge in [-0.2, -0.15) is 0 Å². The highest BCUT2D eigenvalue weighted by Crippen LogP contribution is 2.12. The highest BCUT2D eigenvalue weighted by Gasteiger charge is 2.31. The number of likely N-dealkylation sites (N-methyl/N-ethyl adjacent to an activating group) is 1. The number of ether oxygens (including phenoxy) is 1. The molecule has 2 rings (SSSR count). The summed E-state index contributed by atoms with van der Waals surface area (Å²) in [4.78, 5) is 2.30. The summed E-state index contributed by atoms with van der Waals surface area (Å²) in [6.07, 6.45) is 0.766. The van der Waals surface area contributed by atoms with Crippen molar-refractivity contribution in [2.24, 2.45) is 0 Å². The van der Waals surface area contributed by atoms with Gasteiger partial charge in [0, 0.05) is 19.6 Å². The zero-order valence-corrected chi connectivity index (χ0v) is 5.63. The molecule has 2 bridgehead atoms. The molecule has 0 amide bonds. The molecule has 3 heteroatoms. The molecular weight excluding hydrogens is 116 g/mol. The zero-order valence-electron chi connectivity index (χ0n) is 5.63. The summed E-state index contributed by atoms with van der Waals surface area (Å²) in [5.41, 5.74) is 0. The molecule has 0 aromatic rings. The minimum absolute atomic E-state index is 0.314. The van der Waals surface area contributed by atoms with E-state index in [1.54, 1.807) is 0 Å². The third-order valence-electron chi connectivity index (χ3n) is 1.92. The lowest BCUT2D eigenvalue weighted by Crippen LogP contribution is -2.42. The molecule has 0 aromatic heterocycles. The number of fused-ring (bicyclic) bond motifs is 2. The van der Waals surface area contributed by atoms with Gasteiger partial charge in [-0.3, -0.25) is 10.2 Å². The Morgan fingerprint density at radius 2 is 2.44 bits per heavy atom. The Morgan fingerprint density at radius 1 is 1.56 bits per heavy atom. The Hall–Kier alpha value is -0.120. The summed E-state index contributed by atoms with van der Waals surface area (Å²) in [6, 6.07) is 0. The molecule has 2 atom stereocenters.